The molecule has 9 heteroatoms. The standard InChI is InChI=1S/C30H40O9/c1-15-12-20-29(14-37-20,39-17(3)31)23-25(38-26(35)18-10-8-7-9-11-18)30(36)13-19(32)16(2)21(27(30,4)5)22(33)24(34)28(15,23)6/h7-11,15,19-20,22-25,32-34,36H,12-14H2,1-6H3/t15-,19-,20+,22+,23?,24-,25?,28+,29-,30+/m0/s1. The van der Waals surface area contributed by atoms with Crippen molar-refractivity contribution in [3.05, 3.63) is 47.0 Å². The quantitative estimate of drug-likeness (QED) is 0.332. The van der Waals surface area contributed by atoms with Gasteiger partial charge in [-0.2, -0.15) is 0 Å². The van der Waals surface area contributed by atoms with Gasteiger partial charge in [0.1, 0.15) is 23.9 Å². The van der Waals surface area contributed by atoms with E-state index in [9.17, 15) is 30.0 Å². The van der Waals surface area contributed by atoms with Crippen LogP contribution in [0.1, 0.15) is 64.7 Å². The van der Waals surface area contributed by atoms with Crippen LogP contribution in [0.25, 0.3) is 0 Å². The largest absolute Gasteiger partial charge is 0.455 e. The van der Waals surface area contributed by atoms with Crippen LogP contribution in [-0.2, 0) is 19.0 Å². The fraction of sp³-hybridized carbons (Fsp3) is 0.667. The molecule has 2 bridgehead atoms. The van der Waals surface area contributed by atoms with Gasteiger partial charge in [-0.3, -0.25) is 4.79 Å². The van der Waals surface area contributed by atoms with Crippen LogP contribution in [0.15, 0.2) is 41.5 Å². The number of aliphatic hydroxyl groups excluding tert-OH is 3. The average molecular weight is 545 g/mol. The van der Waals surface area contributed by atoms with E-state index in [1.54, 1.807) is 58.0 Å². The minimum absolute atomic E-state index is 0.0206. The summed E-state index contributed by atoms with van der Waals surface area (Å²) in [5.74, 6) is -2.55. The first kappa shape index (κ1) is 28.2. The lowest BCUT2D eigenvalue weighted by Crippen LogP contribution is -2.81. The van der Waals surface area contributed by atoms with Gasteiger partial charge in [-0.25, -0.2) is 4.79 Å². The Balaban J connectivity index is 1.80. The number of esters is 2. The van der Waals surface area contributed by atoms with Crippen molar-refractivity contribution in [3.8, 4) is 0 Å². The Morgan fingerprint density at radius 3 is 2.28 bits per heavy atom. The maximum Gasteiger partial charge on any atom is 0.338 e. The number of aliphatic hydroxyl groups is 4. The number of ether oxygens (including phenoxy) is 3. The van der Waals surface area contributed by atoms with Gasteiger partial charge in [0.05, 0.1) is 30.3 Å². The number of hydrogen-bond donors (Lipinski definition) is 4. The molecule has 2 unspecified atom stereocenters. The molecule has 3 aliphatic carbocycles. The Bertz CT molecular complexity index is 1190. The summed E-state index contributed by atoms with van der Waals surface area (Å²) in [6.45, 7) is 10.1. The first-order valence-corrected chi connectivity index (χ1v) is 13.7. The van der Waals surface area contributed by atoms with Crippen LogP contribution >= 0.6 is 0 Å². The topological polar surface area (TPSA) is 143 Å². The molecule has 0 radical (unpaired) electrons. The maximum absolute atomic E-state index is 13.7. The van der Waals surface area contributed by atoms with Gasteiger partial charge in [0.25, 0.3) is 0 Å². The van der Waals surface area contributed by atoms with Gasteiger partial charge in [0.15, 0.2) is 5.60 Å². The number of rotatable bonds is 3. The Labute approximate surface area is 228 Å². The monoisotopic (exact) mass is 544 g/mol. The molecule has 0 aromatic heterocycles. The summed E-state index contributed by atoms with van der Waals surface area (Å²) in [4.78, 5) is 26.2. The Hall–Kier alpha value is -2.30. The molecule has 214 valence electrons. The van der Waals surface area contributed by atoms with Gasteiger partial charge in [-0.1, -0.05) is 45.9 Å². The van der Waals surface area contributed by atoms with Crippen LogP contribution in [-0.4, -0.2) is 80.7 Å². The van der Waals surface area contributed by atoms with E-state index in [4.69, 9.17) is 14.2 Å². The highest BCUT2D eigenvalue weighted by Crippen LogP contribution is 2.66. The van der Waals surface area contributed by atoms with E-state index in [1.165, 1.54) is 6.92 Å². The van der Waals surface area contributed by atoms with Crippen molar-refractivity contribution in [2.24, 2.45) is 22.7 Å². The molecule has 4 N–H and O–H groups in total. The number of benzene rings is 1. The average Bonchev–Trinajstić information content (AvgIpc) is 2.87. The van der Waals surface area contributed by atoms with E-state index in [0.29, 0.717) is 17.6 Å². The van der Waals surface area contributed by atoms with Crippen LogP contribution in [0.5, 0.6) is 0 Å². The summed E-state index contributed by atoms with van der Waals surface area (Å²) in [5, 5.41) is 47.7. The Morgan fingerprint density at radius 1 is 1.08 bits per heavy atom. The van der Waals surface area contributed by atoms with Crippen molar-refractivity contribution in [2.75, 3.05) is 6.61 Å². The van der Waals surface area contributed by atoms with E-state index >= 15 is 0 Å². The second-order valence-electron chi connectivity index (χ2n) is 12.8. The fourth-order valence-corrected chi connectivity index (χ4v) is 8.20. The van der Waals surface area contributed by atoms with Crippen LogP contribution in [0, 0.1) is 22.7 Å². The molecule has 9 nitrogen and oxygen atoms in total. The second kappa shape index (κ2) is 9.11. The Morgan fingerprint density at radius 2 is 1.72 bits per heavy atom. The summed E-state index contributed by atoms with van der Waals surface area (Å²) in [6.07, 6.45) is -5.68. The summed E-state index contributed by atoms with van der Waals surface area (Å²) in [6, 6.07) is 8.37. The third kappa shape index (κ3) is 3.70. The summed E-state index contributed by atoms with van der Waals surface area (Å²) in [5.41, 5.74) is -4.65. The van der Waals surface area contributed by atoms with Gasteiger partial charge >= 0.3 is 11.9 Å². The minimum atomic E-state index is -1.91. The minimum Gasteiger partial charge on any atom is -0.455 e. The molecule has 1 aliphatic heterocycles. The Kier molecular flexibility index (Phi) is 6.59. The van der Waals surface area contributed by atoms with Crippen LogP contribution in [0.4, 0.5) is 0 Å². The zero-order valence-corrected chi connectivity index (χ0v) is 23.4. The van der Waals surface area contributed by atoms with Crippen molar-refractivity contribution in [3.63, 3.8) is 0 Å². The summed E-state index contributed by atoms with van der Waals surface area (Å²) >= 11 is 0. The predicted octanol–water partition coefficient (Wildman–Crippen LogP) is 2.15. The molecule has 0 amide bonds. The molecule has 5 rings (SSSR count). The summed E-state index contributed by atoms with van der Waals surface area (Å²) in [7, 11) is 0. The fourth-order valence-electron chi connectivity index (χ4n) is 8.20. The molecule has 1 saturated heterocycles. The molecule has 3 fully saturated rings. The van der Waals surface area contributed by atoms with Crippen molar-refractivity contribution in [2.45, 2.75) is 96.1 Å². The molecular formula is C30H40O9. The highest BCUT2D eigenvalue weighted by atomic mass is 16.6. The number of fused-ring (bicyclic) bond motifs is 5. The molecule has 1 aromatic rings. The molecule has 2 saturated carbocycles. The van der Waals surface area contributed by atoms with E-state index in [0.717, 1.165) is 0 Å². The number of carbonyl (C=O) groups is 2. The lowest BCUT2D eigenvalue weighted by Gasteiger charge is -2.69. The zero-order chi connectivity index (χ0) is 28.7. The summed E-state index contributed by atoms with van der Waals surface area (Å²) < 4.78 is 18.2. The van der Waals surface area contributed by atoms with Gasteiger partial charge in [0.2, 0.25) is 0 Å². The van der Waals surface area contributed by atoms with Crippen molar-refractivity contribution in [1.29, 1.82) is 0 Å². The second-order valence-corrected chi connectivity index (χ2v) is 12.8. The molecule has 1 heterocycles. The zero-order valence-electron chi connectivity index (χ0n) is 23.4. The first-order valence-electron chi connectivity index (χ1n) is 13.7. The van der Waals surface area contributed by atoms with E-state index < -0.39 is 70.4 Å². The van der Waals surface area contributed by atoms with Crippen LogP contribution in [0.2, 0.25) is 0 Å². The number of hydrogen-bond acceptors (Lipinski definition) is 9. The van der Waals surface area contributed by atoms with Gasteiger partial charge < -0.3 is 34.6 Å². The van der Waals surface area contributed by atoms with Gasteiger partial charge in [0, 0.05) is 24.2 Å². The predicted molar refractivity (Wildman–Crippen MR) is 139 cm³/mol. The van der Waals surface area contributed by atoms with Crippen molar-refractivity contribution < 1.29 is 44.2 Å². The van der Waals surface area contributed by atoms with Crippen molar-refractivity contribution >= 4 is 11.9 Å². The molecular weight excluding hydrogens is 504 g/mol. The number of carbonyl (C=O) groups excluding carboxylic acids is 2. The van der Waals surface area contributed by atoms with Gasteiger partial charge in [-0.05, 0) is 42.5 Å². The van der Waals surface area contributed by atoms with Gasteiger partial charge in [-0.15, -0.1) is 0 Å². The molecule has 0 spiro atoms. The lowest BCUT2D eigenvalue weighted by molar-refractivity contribution is -0.358. The molecule has 4 aliphatic rings. The third-order valence-corrected chi connectivity index (χ3v) is 10.6. The van der Waals surface area contributed by atoms with E-state index in [2.05, 4.69) is 0 Å². The van der Waals surface area contributed by atoms with E-state index in [-0.39, 0.29) is 24.5 Å². The van der Waals surface area contributed by atoms with Crippen LogP contribution in [0.3, 0.4) is 0 Å². The highest BCUT2D eigenvalue weighted by Gasteiger charge is 2.76. The molecule has 10 atom stereocenters. The smallest absolute Gasteiger partial charge is 0.338 e. The molecule has 39 heavy (non-hydrogen) atoms. The molecule has 1 aromatic carbocycles. The van der Waals surface area contributed by atoms with E-state index in [1.807, 2.05) is 6.92 Å². The lowest BCUT2D eigenvalue weighted by atomic mass is 9.43. The van der Waals surface area contributed by atoms with Crippen molar-refractivity contribution in [1.82, 2.24) is 0 Å². The third-order valence-electron chi connectivity index (χ3n) is 10.6. The first-order chi connectivity index (χ1) is 18.1. The highest BCUT2D eigenvalue weighted by molar-refractivity contribution is 5.89. The maximum atomic E-state index is 13.7. The SMILES string of the molecule is CC(=O)O[C@@]12CO[C@@H]1C[C@H](C)[C@]1(C)C2C(OC(=O)c2ccccc2)[C@]2(O)C[C@H](O)C(C)=C([C@@H](O)[C@@H]1O)C2(C)C. The normalized spacial score (nSPS) is 44.6. The van der Waals surface area contributed by atoms with Crippen LogP contribution < -0.4 is 0 Å².